The van der Waals surface area contributed by atoms with Gasteiger partial charge in [-0.15, -0.1) is 0 Å². The molecule has 3 atom stereocenters. The minimum absolute atomic E-state index is 0.0116. The van der Waals surface area contributed by atoms with Gasteiger partial charge in [0.05, 0.1) is 23.3 Å². The van der Waals surface area contributed by atoms with Crippen LogP contribution in [0.3, 0.4) is 0 Å². The van der Waals surface area contributed by atoms with E-state index in [4.69, 9.17) is 4.74 Å². The first-order valence-electron chi connectivity index (χ1n) is 11.9. The van der Waals surface area contributed by atoms with Crippen LogP contribution >= 0.6 is 0 Å². The van der Waals surface area contributed by atoms with Gasteiger partial charge in [0, 0.05) is 61.6 Å². The molecule has 2 aromatic carbocycles. The van der Waals surface area contributed by atoms with Crippen LogP contribution in [0.25, 0.3) is 10.9 Å². The standard InChI is InChI=1S/C27H29N5O2/c1-19-15-32(25-10-9-21(14-28)26-24(25)8-5-12-29-26)18-23(34-19)17-31-13-11-22(16-31)30-27(33)20-6-3-2-4-7-20/h2-10,12,19,22-23H,11,13,15-18H2,1H3,(H,30,33)/t19-,22?,23+/m1/s1. The van der Waals surface area contributed by atoms with Crippen molar-refractivity contribution < 1.29 is 9.53 Å². The lowest BCUT2D eigenvalue weighted by Crippen LogP contribution is -2.51. The van der Waals surface area contributed by atoms with Crippen LogP contribution in [-0.2, 0) is 4.74 Å². The molecule has 1 aromatic heterocycles. The van der Waals surface area contributed by atoms with Crippen molar-refractivity contribution in [2.24, 2.45) is 0 Å². The Balaban J connectivity index is 1.24. The van der Waals surface area contributed by atoms with Gasteiger partial charge in [0.1, 0.15) is 6.07 Å². The minimum atomic E-state index is -0.0116. The van der Waals surface area contributed by atoms with Crippen LogP contribution in [0.15, 0.2) is 60.8 Å². The number of aromatic nitrogens is 1. The molecule has 2 aliphatic rings. The van der Waals surface area contributed by atoms with Crippen molar-refractivity contribution in [1.82, 2.24) is 15.2 Å². The van der Waals surface area contributed by atoms with E-state index in [0.29, 0.717) is 11.1 Å². The number of nitrogens with one attached hydrogen (secondary N) is 1. The summed E-state index contributed by atoms with van der Waals surface area (Å²) in [4.78, 5) is 21.7. The van der Waals surface area contributed by atoms with Gasteiger partial charge < -0.3 is 15.0 Å². The fraction of sp³-hybridized carbons (Fsp3) is 0.370. The third-order valence-electron chi connectivity index (χ3n) is 6.64. The summed E-state index contributed by atoms with van der Waals surface area (Å²) in [5.74, 6) is -0.0116. The fourth-order valence-electron chi connectivity index (χ4n) is 5.13. The Labute approximate surface area is 199 Å². The van der Waals surface area contributed by atoms with E-state index < -0.39 is 0 Å². The van der Waals surface area contributed by atoms with Crippen molar-refractivity contribution in [1.29, 1.82) is 5.26 Å². The first-order chi connectivity index (χ1) is 16.6. The maximum atomic E-state index is 12.5. The Morgan fingerprint density at radius 1 is 1.15 bits per heavy atom. The van der Waals surface area contributed by atoms with Gasteiger partial charge in [-0.05, 0) is 49.7 Å². The Morgan fingerprint density at radius 2 is 2.00 bits per heavy atom. The molecule has 3 aromatic rings. The van der Waals surface area contributed by atoms with Crippen LogP contribution in [0, 0.1) is 11.3 Å². The normalized spacial score (nSPS) is 23.1. The highest BCUT2D eigenvalue weighted by molar-refractivity contribution is 5.95. The Bertz CT molecular complexity index is 1210. The van der Waals surface area contributed by atoms with E-state index in [1.54, 1.807) is 6.20 Å². The van der Waals surface area contributed by atoms with Gasteiger partial charge in [-0.2, -0.15) is 5.26 Å². The van der Waals surface area contributed by atoms with Crippen molar-refractivity contribution in [3.8, 4) is 6.07 Å². The van der Waals surface area contributed by atoms with Crippen molar-refractivity contribution in [3.05, 3.63) is 71.9 Å². The van der Waals surface area contributed by atoms with Crippen LogP contribution in [0.4, 0.5) is 5.69 Å². The molecule has 2 fully saturated rings. The first kappa shape index (κ1) is 22.3. The van der Waals surface area contributed by atoms with Crippen molar-refractivity contribution in [2.45, 2.75) is 31.6 Å². The number of rotatable bonds is 5. The number of pyridine rings is 1. The number of benzene rings is 2. The Hall–Kier alpha value is -3.47. The monoisotopic (exact) mass is 455 g/mol. The fourth-order valence-corrected chi connectivity index (χ4v) is 5.13. The molecule has 1 amide bonds. The lowest BCUT2D eigenvalue weighted by Gasteiger charge is -2.40. The lowest BCUT2D eigenvalue weighted by atomic mass is 10.1. The SMILES string of the molecule is C[C@@H]1CN(c2ccc(C#N)c3ncccc23)C[C@H](CN2CCC(NC(=O)c3ccccc3)C2)O1. The third kappa shape index (κ3) is 4.74. The van der Waals surface area contributed by atoms with E-state index in [0.717, 1.165) is 55.7 Å². The van der Waals surface area contributed by atoms with Gasteiger partial charge in [-0.3, -0.25) is 14.7 Å². The topological polar surface area (TPSA) is 81.5 Å². The number of likely N-dealkylation sites (tertiary alicyclic amines) is 1. The number of carbonyl (C=O) groups is 1. The molecule has 2 saturated heterocycles. The van der Waals surface area contributed by atoms with Crippen molar-refractivity contribution >= 4 is 22.5 Å². The number of amides is 1. The molecular formula is C27H29N5O2. The summed E-state index contributed by atoms with van der Waals surface area (Å²) in [7, 11) is 0. The van der Waals surface area contributed by atoms with Crippen molar-refractivity contribution in [3.63, 3.8) is 0 Å². The summed E-state index contributed by atoms with van der Waals surface area (Å²) in [6.45, 7) is 6.27. The molecule has 0 bridgehead atoms. The van der Waals surface area contributed by atoms with Gasteiger partial charge in [0.25, 0.3) is 5.91 Å². The van der Waals surface area contributed by atoms with Gasteiger partial charge in [0.2, 0.25) is 0 Å². The quantitative estimate of drug-likeness (QED) is 0.636. The van der Waals surface area contributed by atoms with E-state index in [1.807, 2.05) is 54.6 Å². The number of fused-ring (bicyclic) bond motifs is 1. The van der Waals surface area contributed by atoms with Gasteiger partial charge in [0.15, 0.2) is 0 Å². The number of ether oxygens (including phenoxy) is 1. The van der Waals surface area contributed by atoms with Gasteiger partial charge >= 0.3 is 0 Å². The highest BCUT2D eigenvalue weighted by Crippen LogP contribution is 2.30. The summed E-state index contributed by atoms with van der Waals surface area (Å²) in [6, 6.07) is 19.6. The Kier molecular flexibility index (Phi) is 6.43. The van der Waals surface area contributed by atoms with E-state index in [9.17, 15) is 10.1 Å². The zero-order chi connectivity index (χ0) is 23.5. The molecule has 1 unspecified atom stereocenters. The maximum Gasteiger partial charge on any atom is 0.251 e. The van der Waals surface area contributed by atoms with E-state index in [2.05, 4.69) is 33.1 Å². The number of hydrogen-bond acceptors (Lipinski definition) is 6. The molecule has 3 heterocycles. The smallest absolute Gasteiger partial charge is 0.251 e. The molecule has 0 saturated carbocycles. The number of hydrogen-bond donors (Lipinski definition) is 1. The largest absolute Gasteiger partial charge is 0.370 e. The maximum absolute atomic E-state index is 12.5. The molecule has 5 rings (SSSR count). The lowest BCUT2D eigenvalue weighted by molar-refractivity contribution is -0.0295. The number of morpholine rings is 1. The summed E-state index contributed by atoms with van der Waals surface area (Å²) in [5.41, 5.74) is 3.13. The number of carbonyl (C=O) groups excluding carboxylic acids is 1. The summed E-state index contributed by atoms with van der Waals surface area (Å²) in [5, 5.41) is 13.6. The van der Waals surface area contributed by atoms with Crippen LogP contribution < -0.4 is 10.2 Å². The average Bonchev–Trinajstić information content (AvgIpc) is 3.29. The summed E-state index contributed by atoms with van der Waals surface area (Å²) >= 11 is 0. The summed E-state index contributed by atoms with van der Waals surface area (Å²) < 4.78 is 6.30. The molecule has 34 heavy (non-hydrogen) atoms. The van der Waals surface area contributed by atoms with Gasteiger partial charge in [-0.25, -0.2) is 0 Å². The third-order valence-corrected chi connectivity index (χ3v) is 6.64. The minimum Gasteiger partial charge on any atom is -0.370 e. The van der Waals surface area contributed by atoms with E-state index >= 15 is 0 Å². The zero-order valence-electron chi connectivity index (χ0n) is 19.4. The van der Waals surface area contributed by atoms with E-state index in [-0.39, 0.29) is 24.2 Å². The van der Waals surface area contributed by atoms with Crippen LogP contribution in [0.1, 0.15) is 29.3 Å². The summed E-state index contributed by atoms with van der Waals surface area (Å²) in [6.07, 6.45) is 2.83. The second-order valence-electron chi connectivity index (χ2n) is 9.20. The van der Waals surface area contributed by atoms with Crippen LogP contribution in [0.5, 0.6) is 0 Å². The first-order valence-corrected chi connectivity index (χ1v) is 11.9. The number of nitrogens with zero attached hydrogens (tertiary/aromatic N) is 4. The van der Waals surface area contributed by atoms with Gasteiger partial charge in [-0.1, -0.05) is 18.2 Å². The highest BCUT2D eigenvalue weighted by Gasteiger charge is 2.31. The number of nitriles is 1. The molecule has 7 heteroatoms. The second kappa shape index (κ2) is 9.80. The molecule has 0 radical (unpaired) electrons. The molecule has 0 spiro atoms. The molecule has 0 aliphatic carbocycles. The zero-order valence-corrected chi connectivity index (χ0v) is 19.4. The molecule has 7 nitrogen and oxygen atoms in total. The highest BCUT2D eigenvalue weighted by atomic mass is 16.5. The molecular weight excluding hydrogens is 426 g/mol. The second-order valence-corrected chi connectivity index (χ2v) is 9.20. The van der Waals surface area contributed by atoms with Crippen molar-refractivity contribution in [2.75, 3.05) is 37.6 Å². The Morgan fingerprint density at radius 3 is 2.82 bits per heavy atom. The number of anilines is 1. The van der Waals surface area contributed by atoms with E-state index in [1.165, 1.54) is 0 Å². The molecule has 174 valence electrons. The van der Waals surface area contributed by atoms with Crippen LogP contribution in [0.2, 0.25) is 0 Å². The predicted molar refractivity (Wildman–Crippen MR) is 132 cm³/mol. The predicted octanol–water partition coefficient (Wildman–Crippen LogP) is 3.20. The molecule has 1 N–H and O–H groups in total. The molecule has 2 aliphatic heterocycles. The average molecular weight is 456 g/mol. The van der Waals surface area contributed by atoms with Crippen LogP contribution in [-0.4, -0.2) is 66.8 Å².